The van der Waals surface area contributed by atoms with Crippen molar-refractivity contribution < 1.29 is 4.42 Å². The Bertz CT molecular complexity index is 1200. The monoisotopic (exact) mass is 378 g/mol. The molecular formula is C14H11ClN6O3S. The first-order chi connectivity index (χ1) is 12.0. The normalized spacial score (nSPS) is 11.5. The summed E-state index contributed by atoms with van der Waals surface area (Å²) >= 11 is 7.65. The molecule has 4 heterocycles. The topological polar surface area (TPSA) is 101 Å². The minimum atomic E-state index is -0.490. The average molecular weight is 379 g/mol. The SMILES string of the molecule is Cn1c(=O)c2c(nc(Cl)n2Cc2nnc(-c3cccs3)o2)n(C)c1=O. The van der Waals surface area contributed by atoms with Crippen molar-refractivity contribution in [3.8, 4) is 10.8 Å². The summed E-state index contributed by atoms with van der Waals surface area (Å²) < 4.78 is 9.35. The molecule has 0 aliphatic heterocycles. The van der Waals surface area contributed by atoms with Crippen LogP contribution in [-0.2, 0) is 20.6 Å². The first-order valence-electron chi connectivity index (χ1n) is 7.15. The van der Waals surface area contributed by atoms with Gasteiger partial charge in [-0.25, -0.2) is 4.79 Å². The molecule has 9 nitrogen and oxygen atoms in total. The number of aromatic nitrogens is 6. The van der Waals surface area contributed by atoms with Gasteiger partial charge in [-0.05, 0) is 23.0 Å². The molecular weight excluding hydrogens is 368 g/mol. The van der Waals surface area contributed by atoms with E-state index >= 15 is 0 Å². The zero-order chi connectivity index (χ0) is 17.7. The highest BCUT2D eigenvalue weighted by atomic mass is 35.5. The lowest BCUT2D eigenvalue weighted by Gasteiger charge is -2.05. The largest absolute Gasteiger partial charge is 0.418 e. The molecule has 0 radical (unpaired) electrons. The summed E-state index contributed by atoms with van der Waals surface area (Å²) in [6.45, 7) is 0.0706. The van der Waals surface area contributed by atoms with Gasteiger partial charge in [-0.15, -0.1) is 21.5 Å². The Morgan fingerprint density at radius 1 is 1.24 bits per heavy atom. The predicted molar refractivity (Wildman–Crippen MR) is 91.9 cm³/mol. The Hall–Kier alpha value is -2.72. The smallest absolute Gasteiger partial charge is 0.332 e. The zero-order valence-corrected chi connectivity index (χ0v) is 14.7. The summed E-state index contributed by atoms with van der Waals surface area (Å²) in [6, 6.07) is 3.75. The van der Waals surface area contributed by atoms with Crippen LogP contribution in [0.3, 0.4) is 0 Å². The lowest BCUT2D eigenvalue weighted by molar-refractivity contribution is 0.491. The molecule has 0 aromatic carbocycles. The molecule has 0 saturated carbocycles. The number of thiophene rings is 1. The minimum absolute atomic E-state index is 0.0594. The number of nitrogens with zero attached hydrogens (tertiary/aromatic N) is 6. The van der Waals surface area contributed by atoms with E-state index in [-0.39, 0.29) is 28.9 Å². The molecule has 0 N–H and O–H groups in total. The molecule has 4 aromatic rings. The van der Waals surface area contributed by atoms with Crippen molar-refractivity contribution in [2.24, 2.45) is 14.1 Å². The fraction of sp³-hybridized carbons (Fsp3) is 0.214. The molecule has 0 bridgehead atoms. The second-order valence-electron chi connectivity index (χ2n) is 5.32. The predicted octanol–water partition coefficient (Wildman–Crippen LogP) is 1.25. The highest BCUT2D eigenvalue weighted by Gasteiger charge is 2.20. The molecule has 0 fully saturated rings. The van der Waals surface area contributed by atoms with Crippen LogP contribution in [0.5, 0.6) is 0 Å². The lowest BCUT2D eigenvalue weighted by atomic mass is 10.5. The van der Waals surface area contributed by atoms with E-state index in [1.165, 1.54) is 34.6 Å². The zero-order valence-electron chi connectivity index (χ0n) is 13.1. The first-order valence-corrected chi connectivity index (χ1v) is 8.41. The molecule has 0 saturated heterocycles. The molecule has 0 aliphatic rings. The number of fused-ring (bicyclic) bond motifs is 1. The summed E-state index contributed by atoms with van der Waals surface area (Å²) in [6.07, 6.45) is 0. The van der Waals surface area contributed by atoms with Gasteiger partial charge >= 0.3 is 5.69 Å². The fourth-order valence-corrected chi connectivity index (χ4v) is 3.39. The standard InChI is InChI=1S/C14H11ClN6O3S/c1-19-10-9(12(22)20(2)14(19)23)21(13(15)16-10)6-8-17-18-11(24-8)7-4-3-5-25-7/h3-5H,6H2,1-2H3. The van der Waals surface area contributed by atoms with Crippen molar-refractivity contribution in [3.63, 3.8) is 0 Å². The van der Waals surface area contributed by atoms with Crippen LogP contribution in [0, 0.1) is 0 Å². The molecule has 0 spiro atoms. The van der Waals surface area contributed by atoms with Crippen LogP contribution in [0.4, 0.5) is 0 Å². The minimum Gasteiger partial charge on any atom is -0.418 e. The number of aryl methyl sites for hydroxylation is 1. The van der Waals surface area contributed by atoms with Crippen molar-refractivity contribution in [2.45, 2.75) is 6.54 Å². The van der Waals surface area contributed by atoms with Crippen LogP contribution in [0.15, 0.2) is 31.5 Å². The quantitative estimate of drug-likeness (QED) is 0.497. The maximum atomic E-state index is 12.5. The van der Waals surface area contributed by atoms with Gasteiger partial charge in [0.15, 0.2) is 11.2 Å². The van der Waals surface area contributed by atoms with Crippen molar-refractivity contribution in [3.05, 3.63) is 49.5 Å². The van der Waals surface area contributed by atoms with E-state index in [0.29, 0.717) is 5.89 Å². The van der Waals surface area contributed by atoms with Crippen LogP contribution >= 0.6 is 22.9 Å². The van der Waals surface area contributed by atoms with Gasteiger partial charge in [0, 0.05) is 14.1 Å². The van der Waals surface area contributed by atoms with E-state index in [1.807, 2.05) is 17.5 Å². The molecule has 25 heavy (non-hydrogen) atoms. The Morgan fingerprint density at radius 3 is 2.76 bits per heavy atom. The summed E-state index contributed by atoms with van der Waals surface area (Å²) in [5.41, 5.74) is -0.561. The number of imidazole rings is 1. The summed E-state index contributed by atoms with van der Waals surface area (Å²) in [4.78, 5) is 29.5. The van der Waals surface area contributed by atoms with Crippen LogP contribution in [-0.4, -0.2) is 28.9 Å². The summed E-state index contributed by atoms with van der Waals surface area (Å²) in [5, 5.41) is 9.96. The molecule has 0 aliphatic carbocycles. The van der Waals surface area contributed by atoms with Gasteiger partial charge in [0.2, 0.25) is 11.2 Å². The Balaban J connectivity index is 1.84. The van der Waals surface area contributed by atoms with E-state index < -0.39 is 11.2 Å². The maximum absolute atomic E-state index is 12.5. The molecule has 0 amide bonds. The second kappa shape index (κ2) is 5.67. The van der Waals surface area contributed by atoms with Crippen LogP contribution in [0.25, 0.3) is 21.9 Å². The molecule has 128 valence electrons. The Morgan fingerprint density at radius 2 is 2.04 bits per heavy atom. The van der Waals surface area contributed by atoms with Gasteiger partial charge in [0.25, 0.3) is 11.4 Å². The van der Waals surface area contributed by atoms with Gasteiger partial charge in [-0.3, -0.25) is 18.5 Å². The van der Waals surface area contributed by atoms with E-state index in [9.17, 15) is 9.59 Å². The van der Waals surface area contributed by atoms with Crippen molar-refractivity contribution in [1.29, 1.82) is 0 Å². The second-order valence-corrected chi connectivity index (χ2v) is 6.61. The van der Waals surface area contributed by atoms with Crippen molar-refractivity contribution in [1.82, 2.24) is 28.9 Å². The molecule has 0 atom stereocenters. The maximum Gasteiger partial charge on any atom is 0.332 e. The number of rotatable bonds is 3. The Labute approximate surface area is 148 Å². The lowest BCUT2D eigenvalue weighted by Crippen LogP contribution is -2.37. The molecule has 4 rings (SSSR count). The average Bonchev–Trinajstić information content (AvgIpc) is 3.32. The third-order valence-corrected chi connectivity index (χ3v) is 4.94. The third-order valence-electron chi connectivity index (χ3n) is 3.79. The fourth-order valence-electron chi connectivity index (χ4n) is 2.52. The van der Waals surface area contributed by atoms with Crippen LogP contribution < -0.4 is 11.2 Å². The van der Waals surface area contributed by atoms with E-state index in [2.05, 4.69) is 15.2 Å². The van der Waals surface area contributed by atoms with Gasteiger partial charge in [0.05, 0.1) is 4.88 Å². The molecule has 4 aromatic heterocycles. The van der Waals surface area contributed by atoms with Gasteiger partial charge < -0.3 is 4.42 Å². The van der Waals surface area contributed by atoms with Gasteiger partial charge in [-0.2, -0.15) is 4.98 Å². The number of hydrogen-bond acceptors (Lipinski definition) is 7. The van der Waals surface area contributed by atoms with Crippen molar-refractivity contribution >= 4 is 34.1 Å². The van der Waals surface area contributed by atoms with E-state index in [0.717, 1.165) is 9.44 Å². The highest BCUT2D eigenvalue weighted by Crippen LogP contribution is 2.24. The Kier molecular flexibility index (Phi) is 3.58. The number of halogens is 1. The summed E-state index contributed by atoms with van der Waals surface area (Å²) in [5.74, 6) is 0.673. The summed E-state index contributed by atoms with van der Waals surface area (Å²) in [7, 11) is 2.93. The van der Waals surface area contributed by atoms with Crippen LogP contribution in [0.2, 0.25) is 5.28 Å². The van der Waals surface area contributed by atoms with Crippen LogP contribution in [0.1, 0.15) is 5.89 Å². The van der Waals surface area contributed by atoms with Gasteiger partial charge in [-0.1, -0.05) is 6.07 Å². The van der Waals surface area contributed by atoms with E-state index in [4.69, 9.17) is 16.0 Å². The first kappa shape index (κ1) is 15.8. The molecule has 0 unspecified atom stereocenters. The third kappa shape index (κ3) is 2.41. The van der Waals surface area contributed by atoms with Gasteiger partial charge in [0.1, 0.15) is 6.54 Å². The van der Waals surface area contributed by atoms with E-state index in [1.54, 1.807) is 0 Å². The highest BCUT2D eigenvalue weighted by molar-refractivity contribution is 7.13. The molecule has 11 heteroatoms. The number of hydrogen-bond donors (Lipinski definition) is 0. The van der Waals surface area contributed by atoms with Crippen molar-refractivity contribution in [2.75, 3.05) is 0 Å².